The number of benzene rings is 1. The summed E-state index contributed by atoms with van der Waals surface area (Å²) in [7, 11) is 0. The number of hydrogen-bond donors (Lipinski definition) is 1. The van der Waals surface area contributed by atoms with Crippen LogP contribution in [0.2, 0.25) is 0 Å². The smallest absolute Gasteiger partial charge is 0.263 e. The minimum atomic E-state index is -0.353. The van der Waals surface area contributed by atoms with Crippen LogP contribution in [0, 0.1) is 5.82 Å². The summed E-state index contributed by atoms with van der Waals surface area (Å²) in [5, 5.41) is 6.96. The van der Waals surface area contributed by atoms with Crippen molar-refractivity contribution in [1.82, 2.24) is 14.8 Å². The lowest BCUT2D eigenvalue weighted by Crippen LogP contribution is -2.20. The quantitative estimate of drug-likeness (QED) is 0.718. The maximum atomic E-state index is 12.8. The van der Waals surface area contributed by atoms with Crippen molar-refractivity contribution >= 4 is 11.7 Å². The molecule has 128 valence electrons. The van der Waals surface area contributed by atoms with E-state index in [-0.39, 0.29) is 18.3 Å². The Morgan fingerprint density at radius 1 is 1.12 bits per heavy atom. The van der Waals surface area contributed by atoms with E-state index in [2.05, 4.69) is 15.4 Å². The molecule has 1 N–H and O–H groups in total. The van der Waals surface area contributed by atoms with Crippen LogP contribution in [-0.4, -0.2) is 27.3 Å². The van der Waals surface area contributed by atoms with Gasteiger partial charge in [0, 0.05) is 31.2 Å². The summed E-state index contributed by atoms with van der Waals surface area (Å²) in [6.45, 7) is 0.529. The van der Waals surface area contributed by atoms with Crippen molar-refractivity contribution in [2.75, 3.05) is 11.9 Å². The Labute approximate surface area is 144 Å². The van der Waals surface area contributed by atoms with Gasteiger partial charge in [-0.1, -0.05) is 0 Å². The van der Waals surface area contributed by atoms with Gasteiger partial charge in [-0.25, -0.2) is 4.39 Å². The minimum Gasteiger partial charge on any atom is -0.484 e. The topological polar surface area (TPSA) is 69.0 Å². The first-order valence-corrected chi connectivity index (χ1v) is 7.79. The number of pyridine rings is 1. The van der Waals surface area contributed by atoms with Gasteiger partial charge in [-0.2, -0.15) is 5.10 Å². The van der Waals surface area contributed by atoms with Crippen molar-refractivity contribution < 1.29 is 13.9 Å². The molecule has 0 aliphatic rings. The summed E-state index contributed by atoms with van der Waals surface area (Å²) in [6.07, 6.45) is 6.14. The second-order valence-corrected chi connectivity index (χ2v) is 5.36. The highest BCUT2D eigenvalue weighted by molar-refractivity contribution is 5.90. The van der Waals surface area contributed by atoms with Gasteiger partial charge in [-0.15, -0.1) is 0 Å². The van der Waals surface area contributed by atoms with E-state index in [1.54, 1.807) is 29.3 Å². The molecule has 0 saturated heterocycles. The number of carbonyl (C=O) groups excluding carboxylic acids is 1. The molecule has 2 heterocycles. The molecule has 0 fully saturated rings. The average Bonchev–Trinajstić information content (AvgIpc) is 3.08. The Balaban J connectivity index is 1.45. The maximum absolute atomic E-state index is 12.8. The van der Waals surface area contributed by atoms with Gasteiger partial charge in [-0.05, 0) is 48.4 Å². The van der Waals surface area contributed by atoms with E-state index in [0.717, 1.165) is 6.42 Å². The van der Waals surface area contributed by atoms with Crippen LogP contribution in [0.15, 0.2) is 61.1 Å². The van der Waals surface area contributed by atoms with Crippen LogP contribution < -0.4 is 10.1 Å². The van der Waals surface area contributed by atoms with Crippen LogP contribution in [0.1, 0.15) is 5.56 Å². The van der Waals surface area contributed by atoms with Crippen molar-refractivity contribution in [3.63, 3.8) is 0 Å². The van der Waals surface area contributed by atoms with Crippen LogP contribution in [-0.2, 0) is 17.8 Å². The van der Waals surface area contributed by atoms with Gasteiger partial charge in [0.15, 0.2) is 12.4 Å². The Morgan fingerprint density at radius 3 is 2.64 bits per heavy atom. The van der Waals surface area contributed by atoms with E-state index >= 15 is 0 Å². The highest BCUT2D eigenvalue weighted by Crippen LogP contribution is 2.11. The van der Waals surface area contributed by atoms with Crippen LogP contribution in [0.5, 0.6) is 5.75 Å². The standard InChI is InChI=1S/C18H17FN4O2/c19-15-1-3-16(4-2-15)25-13-18(24)21-17-8-12-23(22-17)11-7-14-5-9-20-10-6-14/h1-6,8-10,12H,7,11,13H2,(H,21,22,24). The number of nitrogens with one attached hydrogen (secondary N) is 1. The molecule has 0 aliphatic carbocycles. The number of nitrogens with zero attached hydrogens (tertiary/aromatic N) is 3. The van der Waals surface area contributed by atoms with Gasteiger partial charge in [0.1, 0.15) is 11.6 Å². The number of rotatable bonds is 7. The zero-order valence-electron chi connectivity index (χ0n) is 13.4. The number of aryl methyl sites for hydroxylation is 2. The summed E-state index contributed by atoms with van der Waals surface area (Å²) in [5.41, 5.74) is 1.17. The number of aromatic nitrogens is 3. The molecule has 0 radical (unpaired) electrons. The summed E-state index contributed by atoms with van der Waals surface area (Å²) < 4.78 is 19.8. The first-order chi connectivity index (χ1) is 12.2. The molecule has 2 aromatic heterocycles. The molecule has 25 heavy (non-hydrogen) atoms. The van der Waals surface area contributed by atoms with Crippen LogP contribution in [0.3, 0.4) is 0 Å². The third-order valence-corrected chi connectivity index (χ3v) is 3.47. The zero-order valence-corrected chi connectivity index (χ0v) is 13.4. The largest absolute Gasteiger partial charge is 0.484 e. The molecule has 0 unspecified atom stereocenters. The Kier molecular flexibility index (Phi) is 5.36. The van der Waals surface area contributed by atoms with Crippen LogP contribution >= 0.6 is 0 Å². The molecular formula is C18H17FN4O2. The zero-order chi connectivity index (χ0) is 17.5. The summed E-state index contributed by atoms with van der Waals surface area (Å²) >= 11 is 0. The predicted molar refractivity (Wildman–Crippen MR) is 90.7 cm³/mol. The lowest BCUT2D eigenvalue weighted by atomic mass is 10.2. The number of ether oxygens (including phenoxy) is 1. The lowest BCUT2D eigenvalue weighted by molar-refractivity contribution is -0.118. The van der Waals surface area contributed by atoms with Crippen molar-refractivity contribution in [3.05, 3.63) is 72.4 Å². The molecular weight excluding hydrogens is 323 g/mol. The fraction of sp³-hybridized carbons (Fsp3) is 0.167. The lowest BCUT2D eigenvalue weighted by Gasteiger charge is -2.06. The number of anilines is 1. The number of hydrogen-bond acceptors (Lipinski definition) is 4. The van der Waals surface area contributed by atoms with E-state index in [9.17, 15) is 9.18 Å². The van der Waals surface area contributed by atoms with E-state index < -0.39 is 0 Å². The predicted octanol–water partition coefficient (Wildman–Crippen LogP) is 2.68. The number of halogens is 1. The molecule has 1 amide bonds. The second kappa shape index (κ2) is 8.05. The van der Waals surface area contributed by atoms with Gasteiger partial charge in [-0.3, -0.25) is 14.5 Å². The van der Waals surface area contributed by atoms with E-state index in [1.165, 1.54) is 29.8 Å². The molecule has 1 aromatic carbocycles. The highest BCUT2D eigenvalue weighted by Gasteiger charge is 2.06. The van der Waals surface area contributed by atoms with Crippen molar-refractivity contribution in [1.29, 1.82) is 0 Å². The molecule has 0 aliphatic heterocycles. The fourth-order valence-electron chi connectivity index (χ4n) is 2.20. The number of amides is 1. The first-order valence-electron chi connectivity index (χ1n) is 7.79. The molecule has 6 nitrogen and oxygen atoms in total. The molecule has 3 aromatic rings. The SMILES string of the molecule is O=C(COc1ccc(F)cc1)Nc1ccn(CCc2ccncc2)n1. The van der Waals surface area contributed by atoms with E-state index in [0.29, 0.717) is 18.1 Å². The van der Waals surface area contributed by atoms with Crippen LogP contribution in [0.25, 0.3) is 0 Å². The molecule has 0 spiro atoms. The summed E-state index contributed by atoms with van der Waals surface area (Å²) in [5.74, 6) is 0.208. The molecule has 0 saturated carbocycles. The Hall–Kier alpha value is -3.22. The maximum Gasteiger partial charge on any atom is 0.263 e. The van der Waals surface area contributed by atoms with Gasteiger partial charge in [0.05, 0.1) is 0 Å². The first kappa shape index (κ1) is 16.6. The van der Waals surface area contributed by atoms with Crippen molar-refractivity contribution in [3.8, 4) is 5.75 Å². The highest BCUT2D eigenvalue weighted by atomic mass is 19.1. The minimum absolute atomic E-state index is 0.171. The van der Waals surface area contributed by atoms with Gasteiger partial charge in [0.25, 0.3) is 5.91 Å². The van der Waals surface area contributed by atoms with Crippen LogP contribution in [0.4, 0.5) is 10.2 Å². The molecule has 0 bridgehead atoms. The summed E-state index contributed by atoms with van der Waals surface area (Å²) in [4.78, 5) is 15.9. The van der Waals surface area contributed by atoms with Crippen molar-refractivity contribution in [2.24, 2.45) is 0 Å². The van der Waals surface area contributed by atoms with Gasteiger partial charge in [0.2, 0.25) is 0 Å². The van der Waals surface area contributed by atoms with Crippen molar-refractivity contribution in [2.45, 2.75) is 13.0 Å². The Morgan fingerprint density at radius 2 is 1.88 bits per heavy atom. The van der Waals surface area contributed by atoms with Gasteiger partial charge < -0.3 is 10.1 Å². The molecule has 3 rings (SSSR count). The normalized spacial score (nSPS) is 10.4. The average molecular weight is 340 g/mol. The summed E-state index contributed by atoms with van der Waals surface area (Å²) in [6, 6.07) is 11.1. The third kappa shape index (κ3) is 5.13. The monoisotopic (exact) mass is 340 g/mol. The fourth-order valence-corrected chi connectivity index (χ4v) is 2.20. The van der Waals surface area contributed by atoms with E-state index in [4.69, 9.17) is 4.74 Å². The second-order valence-electron chi connectivity index (χ2n) is 5.36. The Bertz CT molecular complexity index is 819. The third-order valence-electron chi connectivity index (χ3n) is 3.47. The van der Waals surface area contributed by atoms with E-state index in [1.807, 2.05) is 12.1 Å². The molecule has 7 heteroatoms. The van der Waals surface area contributed by atoms with Gasteiger partial charge >= 0.3 is 0 Å². The number of carbonyl (C=O) groups is 1. The molecule has 0 atom stereocenters.